The van der Waals surface area contributed by atoms with Crippen molar-refractivity contribution in [3.05, 3.63) is 106 Å². The molecule has 0 amide bonds. The number of alkyl halides is 3. The molecule has 3 heterocycles. The van der Waals surface area contributed by atoms with Crippen molar-refractivity contribution in [1.29, 1.82) is 0 Å². The van der Waals surface area contributed by atoms with Crippen LogP contribution in [0.5, 0.6) is 0 Å². The first-order valence-corrected chi connectivity index (χ1v) is 11.0. The molecule has 2 aromatic carbocycles. The smallest absolute Gasteiger partial charge is 0.285 e. The third kappa shape index (κ3) is 4.36. The van der Waals surface area contributed by atoms with Crippen molar-refractivity contribution < 1.29 is 13.2 Å². The van der Waals surface area contributed by atoms with Gasteiger partial charge >= 0.3 is 6.18 Å². The summed E-state index contributed by atoms with van der Waals surface area (Å²) < 4.78 is 40.3. The highest BCUT2D eigenvalue weighted by Crippen LogP contribution is 2.37. The molecule has 0 aliphatic rings. The average Bonchev–Trinajstić information content (AvgIpc) is 3.20. The zero-order valence-corrected chi connectivity index (χ0v) is 18.9. The molecule has 34 heavy (non-hydrogen) atoms. The molecule has 0 bridgehead atoms. The minimum absolute atomic E-state index is 0.258. The molecular weight excluding hydrogens is 484 g/mol. The Morgan fingerprint density at radius 3 is 2.26 bits per heavy atom. The monoisotopic (exact) mass is 498 g/mol. The van der Waals surface area contributed by atoms with E-state index in [2.05, 4.69) is 15.2 Å². The molecule has 5 aromatic rings. The molecule has 0 saturated heterocycles. The van der Waals surface area contributed by atoms with Gasteiger partial charge < -0.3 is 0 Å². The van der Waals surface area contributed by atoms with E-state index in [1.165, 1.54) is 12.3 Å². The molecule has 0 radical (unpaired) electrons. The number of hydrogen-bond donors (Lipinski definition) is 0. The molecule has 9 heteroatoms. The summed E-state index contributed by atoms with van der Waals surface area (Å²) in [6.07, 6.45) is -1.12. The summed E-state index contributed by atoms with van der Waals surface area (Å²) in [5.74, 6) is 0.563. The van der Waals surface area contributed by atoms with Crippen LogP contribution in [0, 0.1) is 0 Å². The Kier molecular flexibility index (Phi) is 5.75. The van der Waals surface area contributed by atoms with Crippen molar-refractivity contribution >= 4 is 28.8 Å². The summed E-state index contributed by atoms with van der Waals surface area (Å²) in [7, 11) is 0. The van der Waals surface area contributed by atoms with Gasteiger partial charge in [0.2, 0.25) is 0 Å². The average molecular weight is 499 g/mol. The van der Waals surface area contributed by atoms with Crippen molar-refractivity contribution in [3.63, 3.8) is 0 Å². The number of benzene rings is 2. The summed E-state index contributed by atoms with van der Waals surface area (Å²) in [5.41, 5.74) is 3.75. The second kappa shape index (κ2) is 8.74. The van der Waals surface area contributed by atoms with Crippen molar-refractivity contribution in [1.82, 2.24) is 19.6 Å². The molecular formula is C25H15Cl2F3N4. The molecule has 0 saturated carbocycles. The molecule has 0 aliphatic heterocycles. The standard InChI is InChI=1S/C25H15Cl2F3N4/c26-17-8-6-16(7-9-17)19-12-24-33-32-23(11-15-5-10-22(31-13-15)25(28,29)30)34(24)14-20(19)18-3-1-2-4-21(18)27/h1-10,12-14H,11H2. The van der Waals surface area contributed by atoms with Gasteiger partial charge in [-0.2, -0.15) is 13.2 Å². The van der Waals surface area contributed by atoms with Gasteiger partial charge in [0.25, 0.3) is 0 Å². The third-order valence-electron chi connectivity index (χ3n) is 5.41. The molecule has 0 fully saturated rings. The summed E-state index contributed by atoms with van der Waals surface area (Å²) in [6, 6.07) is 19.2. The molecule has 0 atom stereocenters. The van der Waals surface area contributed by atoms with Crippen LogP contribution in [0.3, 0.4) is 0 Å². The van der Waals surface area contributed by atoms with Crippen LogP contribution in [0.25, 0.3) is 27.9 Å². The topological polar surface area (TPSA) is 43.1 Å². The van der Waals surface area contributed by atoms with Crippen molar-refractivity contribution in [2.45, 2.75) is 12.6 Å². The minimum Gasteiger partial charge on any atom is -0.285 e. The molecule has 0 unspecified atom stereocenters. The zero-order chi connectivity index (χ0) is 23.9. The Morgan fingerprint density at radius 2 is 1.59 bits per heavy atom. The molecule has 0 N–H and O–H groups in total. The Hall–Kier alpha value is -3.42. The lowest BCUT2D eigenvalue weighted by Crippen LogP contribution is -2.08. The van der Waals surface area contributed by atoms with Gasteiger partial charge in [0, 0.05) is 40.0 Å². The van der Waals surface area contributed by atoms with E-state index in [1.54, 1.807) is 0 Å². The van der Waals surface area contributed by atoms with E-state index in [-0.39, 0.29) is 6.42 Å². The minimum atomic E-state index is -4.48. The molecule has 5 rings (SSSR count). The van der Waals surface area contributed by atoms with E-state index in [1.807, 2.05) is 65.2 Å². The van der Waals surface area contributed by atoms with E-state index in [0.29, 0.717) is 27.1 Å². The van der Waals surface area contributed by atoms with E-state index >= 15 is 0 Å². The molecule has 0 aliphatic carbocycles. The number of fused-ring (bicyclic) bond motifs is 1. The first-order valence-electron chi connectivity index (χ1n) is 10.2. The van der Waals surface area contributed by atoms with Gasteiger partial charge in [-0.1, -0.05) is 59.6 Å². The highest BCUT2D eigenvalue weighted by atomic mass is 35.5. The fraction of sp³-hybridized carbons (Fsp3) is 0.0800. The van der Waals surface area contributed by atoms with E-state index < -0.39 is 11.9 Å². The number of halogens is 5. The predicted octanol–water partition coefficient (Wildman–Crippen LogP) is 7.37. The number of nitrogens with zero attached hydrogens (tertiary/aromatic N) is 4. The lowest BCUT2D eigenvalue weighted by Gasteiger charge is -2.13. The van der Waals surface area contributed by atoms with Crippen molar-refractivity contribution in [2.75, 3.05) is 0 Å². The van der Waals surface area contributed by atoms with Gasteiger partial charge in [-0.15, -0.1) is 10.2 Å². The Balaban J connectivity index is 1.62. The van der Waals surface area contributed by atoms with Gasteiger partial charge in [-0.05, 0) is 47.0 Å². The molecule has 4 nitrogen and oxygen atoms in total. The highest BCUT2D eigenvalue weighted by Gasteiger charge is 2.32. The third-order valence-corrected chi connectivity index (χ3v) is 5.99. The maximum absolute atomic E-state index is 12.8. The Bertz CT molecular complexity index is 1480. The second-order valence-corrected chi connectivity index (χ2v) is 8.50. The first kappa shape index (κ1) is 22.4. The summed E-state index contributed by atoms with van der Waals surface area (Å²) in [5, 5.41) is 9.77. The summed E-state index contributed by atoms with van der Waals surface area (Å²) in [6.45, 7) is 0. The van der Waals surface area contributed by atoms with Crippen LogP contribution >= 0.6 is 23.2 Å². The quantitative estimate of drug-likeness (QED) is 0.259. The first-order chi connectivity index (χ1) is 16.3. The van der Waals surface area contributed by atoms with E-state index in [4.69, 9.17) is 23.2 Å². The Morgan fingerprint density at radius 1 is 0.824 bits per heavy atom. The van der Waals surface area contributed by atoms with Crippen LogP contribution in [0.4, 0.5) is 13.2 Å². The van der Waals surface area contributed by atoms with Crippen LogP contribution in [-0.4, -0.2) is 19.6 Å². The fourth-order valence-corrected chi connectivity index (χ4v) is 4.11. The van der Waals surface area contributed by atoms with Crippen molar-refractivity contribution in [2.24, 2.45) is 0 Å². The van der Waals surface area contributed by atoms with E-state index in [9.17, 15) is 13.2 Å². The SMILES string of the molecule is FC(F)(F)c1ccc(Cc2nnc3cc(-c4ccc(Cl)cc4)c(-c4ccccc4Cl)cn23)cn1. The predicted molar refractivity (Wildman–Crippen MR) is 126 cm³/mol. The normalized spacial score (nSPS) is 11.8. The number of hydrogen-bond acceptors (Lipinski definition) is 3. The molecule has 0 spiro atoms. The highest BCUT2D eigenvalue weighted by molar-refractivity contribution is 6.33. The van der Waals surface area contributed by atoms with Gasteiger partial charge in [0.15, 0.2) is 5.65 Å². The Labute approximate surface area is 202 Å². The number of pyridine rings is 2. The van der Waals surface area contributed by atoms with Crippen LogP contribution in [-0.2, 0) is 12.6 Å². The lowest BCUT2D eigenvalue weighted by molar-refractivity contribution is -0.141. The second-order valence-electron chi connectivity index (χ2n) is 7.66. The van der Waals surface area contributed by atoms with Crippen molar-refractivity contribution in [3.8, 4) is 22.3 Å². The van der Waals surface area contributed by atoms with Crippen LogP contribution in [0.15, 0.2) is 79.1 Å². The van der Waals surface area contributed by atoms with Gasteiger partial charge in [-0.25, -0.2) is 0 Å². The maximum atomic E-state index is 12.8. The van der Waals surface area contributed by atoms with Gasteiger partial charge in [0.05, 0.1) is 0 Å². The fourth-order valence-electron chi connectivity index (χ4n) is 3.74. The van der Waals surface area contributed by atoms with Crippen LogP contribution in [0.1, 0.15) is 17.1 Å². The van der Waals surface area contributed by atoms with Crippen LogP contribution in [0.2, 0.25) is 10.0 Å². The molecule has 170 valence electrons. The van der Waals surface area contributed by atoms with E-state index in [0.717, 1.165) is 28.3 Å². The summed E-state index contributed by atoms with van der Waals surface area (Å²) in [4.78, 5) is 3.54. The molecule has 3 aromatic heterocycles. The lowest BCUT2D eigenvalue weighted by atomic mass is 9.96. The largest absolute Gasteiger partial charge is 0.433 e. The zero-order valence-electron chi connectivity index (χ0n) is 17.4. The van der Waals surface area contributed by atoms with Gasteiger partial charge in [0.1, 0.15) is 11.5 Å². The van der Waals surface area contributed by atoms with Gasteiger partial charge in [-0.3, -0.25) is 9.38 Å². The van der Waals surface area contributed by atoms with Crippen LogP contribution < -0.4 is 0 Å². The summed E-state index contributed by atoms with van der Waals surface area (Å²) >= 11 is 12.6. The maximum Gasteiger partial charge on any atom is 0.433 e. The number of rotatable bonds is 4. The number of aromatic nitrogens is 4.